The Labute approximate surface area is 241 Å². The maximum Gasteiger partial charge on any atom is 0.186 e. The van der Waals surface area contributed by atoms with Crippen molar-refractivity contribution in [2.45, 2.75) is 136 Å². The van der Waals surface area contributed by atoms with Crippen LogP contribution in [0.4, 0.5) is 0 Å². The summed E-state index contributed by atoms with van der Waals surface area (Å²) in [5.74, 6) is 2.47. The van der Waals surface area contributed by atoms with Crippen molar-refractivity contribution in [3.63, 3.8) is 0 Å². The van der Waals surface area contributed by atoms with Gasteiger partial charge in [-0.25, -0.2) is 0 Å². The third-order valence-electron chi connectivity index (χ3n) is 12.0. The molecule has 5 aliphatic rings. The largest absolute Gasteiger partial charge is 0.389 e. The zero-order valence-electron chi connectivity index (χ0n) is 25.6. The zero-order valence-corrected chi connectivity index (χ0v) is 25.6. The van der Waals surface area contributed by atoms with Crippen LogP contribution in [0.25, 0.3) is 0 Å². The average molecular weight is 559 g/mol. The fourth-order valence-electron chi connectivity index (χ4n) is 9.13. The number of hydrogen-bond acceptors (Lipinski definition) is 6. The quantitative estimate of drug-likeness (QED) is 0.311. The molecule has 40 heavy (non-hydrogen) atoms. The highest BCUT2D eigenvalue weighted by atomic mass is 16.7. The fraction of sp³-hybridized carbons (Fsp3) is 0.824. The molecule has 0 aromatic rings. The summed E-state index contributed by atoms with van der Waals surface area (Å²) in [6.45, 7) is 14.0. The average Bonchev–Trinajstić information content (AvgIpc) is 3.27. The molecule has 0 radical (unpaired) electrons. The Balaban J connectivity index is 1.31. The van der Waals surface area contributed by atoms with Gasteiger partial charge in [0.05, 0.1) is 18.3 Å². The van der Waals surface area contributed by atoms with E-state index in [4.69, 9.17) is 9.47 Å². The van der Waals surface area contributed by atoms with Gasteiger partial charge in [0.15, 0.2) is 6.29 Å². The van der Waals surface area contributed by atoms with Crippen LogP contribution in [0.15, 0.2) is 34.9 Å². The minimum Gasteiger partial charge on any atom is -0.389 e. The Bertz CT molecular complexity index is 1030. The van der Waals surface area contributed by atoms with Gasteiger partial charge in [-0.05, 0) is 91.6 Å². The van der Waals surface area contributed by atoms with Gasteiger partial charge in [0.25, 0.3) is 0 Å². The topological polar surface area (TPSA) is 99.4 Å². The summed E-state index contributed by atoms with van der Waals surface area (Å²) in [6, 6.07) is 0. The van der Waals surface area contributed by atoms with Gasteiger partial charge in [-0.3, -0.25) is 0 Å². The van der Waals surface area contributed by atoms with Gasteiger partial charge < -0.3 is 29.9 Å². The summed E-state index contributed by atoms with van der Waals surface area (Å²) in [6.07, 6.45) is 10.7. The van der Waals surface area contributed by atoms with E-state index in [1.165, 1.54) is 17.6 Å². The summed E-state index contributed by atoms with van der Waals surface area (Å²) in [5, 5.41) is 42.4. The molecule has 4 aliphatic carbocycles. The molecule has 2 fully saturated rings. The van der Waals surface area contributed by atoms with Crippen LogP contribution in [0.5, 0.6) is 0 Å². The molecule has 0 amide bonds. The van der Waals surface area contributed by atoms with E-state index in [1.54, 1.807) is 5.57 Å². The van der Waals surface area contributed by atoms with Crippen molar-refractivity contribution in [3.05, 3.63) is 34.9 Å². The number of aliphatic hydroxyl groups is 4. The molecule has 6 nitrogen and oxygen atoms in total. The van der Waals surface area contributed by atoms with Gasteiger partial charge >= 0.3 is 0 Å². The Hall–Kier alpha value is -1.02. The summed E-state index contributed by atoms with van der Waals surface area (Å²) < 4.78 is 11.6. The molecule has 6 heteroatoms. The lowest BCUT2D eigenvalue weighted by atomic mass is 9.50. The molecular formula is C34H54O6. The molecular weight excluding hydrogens is 504 g/mol. The Kier molecular flexibility index (Phi) is 8.55. The first-order valence-electron chi connectivity index (χ1n) is 16.0. The monoisotopic (exact) mass is 558 g/mol. The first-order chi connectivity index (χ1) is 18.8. The second-order valence-corrected chi connectivity index (χ2v) is 14.5. The Morgan fingerprint density at radius 2 is 1.80 bits per heavy atom. The molecule has 4 N–H and O–H groups in total. The van der Waals surface area contributed by atoms with E-state index in [0.717, 1.165) is 38.5 Å². The maximum absolute atomic E-state index is 12.1. The van der Waals surface area contributed by atoms with Gasteiger partial charge in [-0.1, -0.05) is 65.3 Å². The van der Waals surface area contributed by atoms with Crippen molar-refractivity contribution in [2.24, 2.45) is 34.5 Å². The van der Waals surface area contributed by atoms with Crippen molar-refractivity contribution < 1.29 is 29.9 Å². The van der Waals surface area contributed by atoms with E-state index >= 15 is 0 Å². The summed E-state index contributed by atoms with van der Waals surface area (Å²) in [7, 11) is 0. The lowest BCUT2D eigenvalue weighted by Crippen LogP contribution is -2.59. The van der Waals surface area contributed by atoms with Crippen LogP contribution in [-0.2, 0) is 9.47 Å². The van der Waals surface area contributed by atoms with Gasteiger partial charge in [0.2, 0.25) is 0 Å². The van der Waals surface area contributed by atoms with Crippen LogP contribution in [0.3, 0.4) is 0 Å². The van der Waals surface area contributed by atoms with Crippen LogP contribution >= 0.6 is 0 Å². The molecule has 1 saturated heterocycles. The molecule has 226 valence electrons. The number of allylic oxidation sites excluding steroid dienone is 5. The van der Waals surface area contributed by atoms with Gasteiger partial charge in [0.1, 0.15) is 18.3 Å². The second kappa shape index (κ2) is 11.2. The minimum absolute atomic E-state index is 0.0754. The number of rotatable bonds is 7. The van der Waals surface area contributed by atoms with Gasteiger partial charge in [0, 0.05) is 11.8 Å². The van der Waals surface area contributed by atoms with Gasteiger partial charge in [-0.15, -0.1) is 0 Å². The molecule has 1 saturated carbocycles. The van der Waals surface area contributed by atoms with E-state index in [0.29, 0.717) is 36.5 Å². The first kappa shape index (κ1) is 30.4. The van der Waals surface area contributed by atoms with E-state index in [1.807, 2.05) is 0 Å². The molecule has 1 heterocycles. The van der Waals surface area contributed by atoms with Crippen LogP contribution in [0.1, 0.15) is 99.3 Å². The normalized spacial score (nSPS) is 45.2. The maximum atomic E-state index is 12.1. The molecule has 0 aromatic carbocycles. The number of ether oxygens (including phenoxy) is 2. The highest BCUT2D eigenvalue weighted by Gasteiger charge is 2.59. The van der Waals surface area contributed by atoms with Crippen molar-refractivity contribution >= 4 is 0 Å². The van der Waals surface area contributed by atoms with Crippen molar-refractivity contribution in [2.75, 3.05) is 6.61 Å². The van der Waals surface area contributed by atoms with Crippen LogP contribution in [0, 0.1) is 34.5 Å². The SMILES string of the molecule is CC[C@H](/C=C/[C@@H](C)[C@H]1CC=C2C3=C(CC[C@@]21C)[C@@]1(C)CC[C@H](O[C@@H]2OC[C@@H](O)[C@H](O)[C@H]2O)C[C@]1(O)CC3)C(C)C. The Morgan fingerprint density at radius 3 is 2.50 bits per heavy atom. The smallest absolute Gasteiger partial charge is 0.186 e. The van der Waals surface area contributed by atoms with Crippen LogP contribution < -0.4 is 0 Å². The number of aliphatic hydroxyl groups excluding tert-OH is 3. The summed E-state index contributed by atoms with van der Waals surface area (Å²) >= 11 is 0. The fourth-order valence-corrected chi connectivity index (χ4v) is 9.13. The van der Waals surface area contributed by atoms with E-state index in [-0.39, 0.29) is 23.5 Å². The molecule has 0 aromatic heterocycles. The summed E-state index contributed by atoms with van der Waals surface area (Å²) in [5.41, 5.74) is 3.57. The van der Waals surface area contributed by atoms with Crippen molar-refractivity contribution in [1.82, 2.24) is 0 Å². The molecule has 0 unspecified atom stereocenters. The third-order valence-corrected chi connectivity index (χ3v) is 12.0. The highest BCUT2D eigenvalue weighted by Crippen LogP contribution is 2.65. The molecule has 0 spiro atoms. The predicted molar refractivity (Wildman–Crippen MR) is 156 cm³/mol. The first-order valence-corrected chi connectivity index (χ1v) is 16.0. The molecule has 1 aliphatic heterocycles. The third kappa shape index (κ3) is 4.99. The lowest BCUT2D eigenvalue weighted by molar-refractivity contribution is -0.293. The van der Waals surface area contributed by atoms with Gasteiger partial charge in [-0.2, -0.15) is 0 Å². The predicted octanol–water partition coefficient (Wildman–Crippen LogP) is 5.44. The standard InChI is InChI=1S/C34H54O6/c1-7-22(20(2)3)9-8-21(4)25-10-11-26-24-13-17-34(38)18-23(40-31-30(37)29(36)28(35)19-39-31)12-16-33(34,6)27(24)14-15-32(25,26)5/h8-9,11,20-23,25,28-31,35-38H,7,10,12-19H2,1-6H3/b9-8+/t21-,22-,23+,25-,28-,29+,30-,31+,32-,33-,34-/m1/s1. The molecule has 5 rings (SSSR count). The van der Waals surface area contributed by atoms with Crippen molar-refractivity contribution in [3.8, 4) is 0 Å². The van der Waals surface area contributed by atoms with Crippen LogP contribution in [0.2, 0.25) is 0 Å². The van der Waals surface area contributed by atoms with E-state index in [2.05, 4.69) is 59.8 Å². The molecule has 0 bridgehead atoms. The second-order valence-electron chi connectivity index (χ2n) is 14.5. The highest BCUT2D eigenvalue weighted by molar-refractivity contribution is 5.50. The minimum atomic E-state index is -1.30. The van der Waals surface area contributed by atoms with E-state index < -0.39 is 30.2 Å². The number of hydrogen-bond donors (Lipinski definition) is 4. The Morgan fingerprint density at radius 1 is 1.05 bits per heavy atom. The van der Waals surface area contributed by atoms with E-state index in [9.17, 15) is 20.4 Å². The van der Waals surface area contributed by atoms with Crippen molar-refractivity contribution in [1.29, 1.82) is 0 Å². The van der Waals surface area contributed by atoms with Crippen LogP contribution in [-0.4, -0.2) is 63.3 Å². The zero-order chi connectivity index (χ0) is 29.0. The lowest BCUT2D eigenvalue weighted by Gasteiger charge is -2.58. The number of fused-ring (bicyclic) bond motifs is 4. The molecule has 11 atom stereocenters. The summed E-state index contributed by atoms with van der Waals surface area (Å²) in [4.78, 5) is 0.